The number of halogens is 1. The maximum atomic E-state index is 9.08. The molecule has 92 valence electrons. The Hall–Kier alpha value is -1.80. The van der Waals surface area contributed by atoms with Crippen molar-refractivity contribution in [2.45, 2.75) is 13.5 Å². The van der Waals surface area contributed by atoms with Gasteiger partial charge in [0.2, 0.25) is 0 Å². The van der Waals surface area contributed by atoms with Crippen LogP contribution in [0.1, 0.15) is 11.1 Å². The Bertz CT molecular complexity index is 583. The van der Waals surface area contributed by atoms with Gasteiger partial charge < -0.3 is 5.32 Å². The molecular weight excluding hydrogens is 292 g/mol. The van der Waals surface area contributed by atoms with Crippen LogP contribution in [-0.2, 0) is 6.54 Å². The molecule has 0 saturated carbocycles. The van der Waals surface area contributed by atoms with E-state index in [1.807, 2.05) is 42.2 Å². The number of benzene rings is 1. The van der Waals surface area contributed by atoms with Gasteiger partial charge in [-0.15, -0.1) is 0 Å². The molecule has 5 heteroatoms. The van der Waals surface area contributed by atoms with Crippen LogP contribution >= 0.6 is 15.9 Å². The van der Waals surface area contributed by atoms with Crippen molar-refractivity contribution in [2.75, 3.05) is 11.9 Å². The molecule has 1 aromatic heterocycles. The lowest BCUT2D eigenvalue weighted by molar-refractivity contribution is 0.637. The Kier molecular flexibility index (Phi) is 4.00. The lowest BCUT2D eigenvalue weighted by Gasteiger charge is -2.09. The summed E-state index contributed by atoms with van der Waals surface area (Å²) >= 11 is 3.37. The summed E-state index contributed by atoms with van der Waals surface area (Å²) in [5.41, 5.74) is 2.63. The largest absolute Gasteiger partial charge is 0.382 e. The number of nitriles is 1. The third kappa shape index (κ3) is 2.90. The lowest BCUT2D eigenvalue weighted by atomic mass is 10.2. The predicted octanol–water partition coefficient (Wildman–Crippen LogP) is 2.94. The highest BCUT2D eigenvalue weighted by Gasteiger charge is 2.04. The number of hydrogen-bond donors (Lipinski definition) is 1. The Labute approximate surface area is 114 Å². The van der Waals surface area contributed by atoms with Crippen LogP contribution in [0.15, 0.2) is 35.1 Å². The monoisotopic (exact) mass is 304 g/mol. The summed E-state index contributed by atoms with van der Waals surface area (Å²) in [5.74, 6) is 0. The second kappa shape index (κ2) is 5.69. The van der Waals surface area contributed by atoms with Gasteiger partial charge in [-0.05, 0) is 40.5 Å². The van der Waals surface area contributed by atoms with Crippen LogP contribution in [0.25, 0.3) is 0 Å². The molecule has 2 aromatic rings. The summed E-state index contributed by atoms with van der Waals surface area (Å²) in [6, 6.07) is 7.86. The SMILES string of the molecule is Cc1cnn(CCNc2cccc(Br)c2C#N)c1. The van der Waals surface area contributed by atoms with Crippen molar-refractivity contribution >= 4 is 21.6 Å². The van der Waals surface area contributed by atoms with E-state index in [9.17, 15) is 0 Å². The second-order valence-electron chi connectivity index (χ2n) is 3.98. The molecule has 1 heterocycles. The van der Waals surface area contributed by atoms with Crippen molar-refractivity contribution in [3.63, 3.8) is 0 Å². The molecule has 2 rings (SSSR count). The molecule has 0 aliphatic heterocycles. The molecule has 0 atom stereocenters. The zero-order chi connectivity index (χ0) is 13.0. The van der Waals surface area contributed by atoms with Crippen molar-refractivity contribution in [1.29, 1.82) is 5.26 Å². The van der Waals surface area contributed by atoms with E-state index in [-0.39, 0.29) is 0 Å². The van der Waals surface area contributed by atoms with Gasteiger partial charge in [0.1, 0.15) is 6.07 Å². The van der Waals surface area contributed by atoms with E-state index in [4.69, 9.17) is 5.26 Å². The number of aryl methyl sites for hydroxylation is 1. The van der Waals surface area contributed by atoms with E-state index in [2.05, 4.69) is 32.4 Å². The van der Waals surface area contributed by atoms with Crippen LogP contribution in [-0.4, -0.2) is 16.3 Å². The average molecular weight is 305 g/mol. The van der Waals surface area contributed by atoms with E-state index in [1.54, 1.807) is 0 Å². The third-order valence-corrected chi connectivity index (χ3v) is 3.20. The molecule has 4 nitrogen and oxygen atoms in total. The highest BCUT2D eigenvalue weighted by atomic mass is 79.9. The van der Waals surface area contributed by atoms with E-state index in [0.29, 0.717) is 5.56 Å². The fraction of sp³-hybridized carbons (Fsp3) is 0.231. The average Bonchev–Trinajstić information content (AvgIpc) is 2.75. The van der Waals surface area contributed by atoms with Gasteiger partial charge in [0.15, 0.2) is 0 Å². The van der Waals surface area contributed by atoms with E-state index >= 15 is 0 Å². The van der Waals surface area contributed by atoms with Crippen LogP contribution in [0.5, 0.6) is 0 Å². The lowest BCUT2D eigenvalue weighted by Crippen LogP contribution is -2.11. The minimum absolute atomic E-state index is 0.633. The molecule has 0 bridgehead atoms. The van der Waals surface area contributed by atoms with Gasteiger partial charge in [-0.25, -0.2) is 0 Å². The number of nitrogens with zero attached hydrogens (tertiary/aromatic N) is 3. The highest BCUT2D eigenvalue weighted by Crippen LogP contribution is 2.23. The van der Waals surface area contributed by atoms with E-state index in [1.165, 1.54) is 0 Å². The van der Waals surface area contributed by atoms with Crippen molar-refractivity contribution in [3.8, 4) is 6.07 Å². The molecule has 0 spiro atoms. The fourth-order valence-corrected chi connectivity index (χ4v) is 2.13. The summed E-state index contributed by atoms with van der Waals surface area (Å²) in [7, 11) is 0. The normalized spacial score (nSPS) is 10.1. The van der Waals surface area contributed by atoms with Crippen molar-refractivity contribution in [2.24, 2.45) is 0 Å². The van der Waals surface area contributed by atoms with Crippen molar-refractivity contribution < 1.29 is 0 Å². The molecule has 0 unspecified atom stereocenters. The minimum atomic E-state index is 0.633. The highest BCUT2D eigenvalue weighted by molar-refractivity contribution is 9.10. The maximum Gasteiger partial charge on any atom is 0.103 e. The smallest absolute Gasteiger partial charge is 0.103 e. The Balaban J connectivity index is 1.99. The number of aromatic nitrogens is 2. The van der Waals surface area contributed by atoms with Gasteiger partial charge in [-0.2, -0.15) is 10.4 Å². The van der Waals surface area contributed by atoms with E-state index in [0.717, 1.165) is 28.8 Å². The Morgan fingerprint density at radius 1 is 1.50 bits per heavy atom. The van der Waals surface area contributed by atoms with Gasteiger partial charge in [-0.3, -0.25) is 4.68 Å². The first-order valence-electron chi connectivity index (χ1n) is 5.62. The van der Waals surface area contributed by atoms with Gasteiger partial charge in [-0.1, -0.05) is 6.07 Å². The molecule has 18 heavy (non-hydrogen) atoms. The van der Waals surface area contributed by atoms with E-state index < -0.39 is 0 Å². The van der Waals surface area contributed by atoms with Gasteiger partial charge in [0.05, 0.1) is 24.0 Å². The molecule has 0 fully saturated rings. The zero-order valence-corrected chi connectivity index (χ0v) is 11.6. The second-order valence-corrected chi connectivity index (χ2v) is 4.84. The predicted molar refractivity (Wildman–Crippen MR) is 74.3 cm³/mol. The van der Waals surface area contributed by atoms with Crippen LogP contribution in [0.3, 0.4) is 0 Å². The molecular formula is C13H13BrN4. The van der Waals surface area contributed by atoms with Crippen LogP contribution in [0.4, 0.5) is 5.69 Å². The molecule has 0 saturated heterocycles. The molecule has 0 aliphatic carbocycles. The van der Waals surface area contributed by atoms with Crippen molar-refractivity contribution in [3.05, 3.63) is 46.2 Å². The first kappa shape index (κ1) is 12.7. The zero-order valence-electron chi connectivity index (χ0n) is 10.0. The summed E-state index contributed by atoms with van der Waals surface area (Å²) in [5, 5.41) is 16.5. The van der Waals surface area contributed by atoms with Crippen LogP contribution in [0.2, 0.25) is 0 Å². The first-order chi connectivity index (χ1) is 8.70. The van der Waals surface area contributed by atoms with Crippen molar-refractivity contribution in [1.82, 2.24) is 9.78 Å². The minimum Gasteiger partial charge on any atom is -0.382 e. The molecule has 0 aliphatic rings. The summed E-state index contributed by atoms with van der Waals surface area (Å²) < 4.78 is 2.69. The molecule has 0 radical (unpaired) electrons. The standard InChI is InChI=1S/C13H13BrN4/c1-10-8-17-18(9-10)6-5-16-13-4-2-3-12(14)11(13)7-15/h2-4,8-9,16H,5-6H2,1H3. The van der Waals surface area contributed by atoms with Crippen LogP contribution < -0.4 is 5.32 Å². The topological polar surface area (TPSA) is 53.6 Å². The summed E-state index contributed by atoms with van der Waals surface area (Å²) in [6.45, 7) is 3.51. The number of anilines is 1. The molecule has 1 aromatic carbocycles. The van der Waals surface area contributed by atoms with Gasteiger partial charge in [0, 0.05) is 17.2 Å². The van der Waals surface area contributed by atoms with Gasteiger partial charge in [0.25, 0.3) is 0 Å². The first-order valence-corrected chi connectivity index (χ1v) is 6.41. The fourth-order valence-electron chi connectivity index (χ4n) is 1.68. The maximum absolute atomic E-state index is 9.08. The number of hydrogen-bond acceptors (Lipinski definition) is 3. The summed E-state index contributed by atoms with van der Waals surface area (Å²) in [6.07, 6.45) is 3.83. The number of rotatable bonds is 4. The summed E-state index contributed by atoms with van der Waals surface area (Å²) in [4.78, 5) is 0. The Morgan fingerprint density at radius 3 is 3.00 bits per heavy atom. The number of nitrogens with one attached hydrogen (secondary N) is 1. The van der Waals surface area contributed by atoms with Gasteiger partial charge >= 0.3 is 0 Å². The third-order valence-electron chi connectivity index (χ3n) is 2.54. The van der Waals surface area contributed by atoms with Crippen LogP contribution in [0, 0.1) is 18.3 Å². The Morgan fingerprint density at radius 2 is 2.33 bits per heavy atom. The quantitative estimate of drug-likeness (QED) is 0.945. The molecule has 0 amide bonds. The molecule has 1 N–H and O–H groups in total.